The number of nitrogens with zero attached hydrogens (tertiary/aromatic N) is 3. The molecular weight excluding hydrogens is 304 g/mol. The van der Waals surface area contributed by atoms with Gasteiger partial charge in [0.05, 0.1) is 6.21 Å². The van der Waals surface area contributed by atoms with Crippen LogP contribution < -0.4 is 5.43 Å². The van der Waals surface area contributed by atoms with Crippen LogP contribution in [0, 0.1) is 0 Å². The summed E-state index contributed by atoms with van der Waals surface area (Å²) in [5.74, 6) is 0.540. The van der Waals surface area contributed by atoms with Crippen LogP contribution in [-0.4, -0.2) is 16.4 Å². The predicted octanol–water partition coefficient (Wildman–Crippen LogP) is 3.34. The molecule has 1 N–H and O–H groups in total. The highest BCUT2D eigenvalue weighted by Gasteiger charge is 1.95. The van der Waals surface area contributed by atoms with E-state index in [0.717, 1.165) is 10.0 Å². The fourth-order valence-electron chi connectivity index (χ4n) is 1.12. The largest absolute Gasteiger partial charge is 0.260 e. The second-order valence-corrected chi connectivity index (χ2v) is 4.37. The summed E-state index contributed by atoms with van der Waals surface area (Å²) in [6.07, 6.45) is 1.69. The monoisotopic (exact) mass is 310 g/mol. The van der Waals surface area contributed by atoms with Gasteiger partial charge in [-0.3, -0.25) is 5.43 Å². The zero-order chi connectivity index (χ0) is 12.1. The quantitative estimate of drug-likeness (QED) is 0.698. The van der Waals surface area contributed by atoms with Crippen molar-refractivity contribution in [1.29, 1.82) is 0 Å². The van der Waals surface area contributed by atoms with Crippen molar-refractivity contribution in [3.8, 4) is 0 Å². The van der Waals surface area contributed by atoms with E-state index in [0.29, 0.717) is 11.0 Å². The Labute approximate surface area is 112 Å². The summed E-state index contributed by atoms with van der Waals surface area (Å²) < 4.78 is 0.979. The van der Waals surface area contributed by atoms with Crippen LogP contribution in [-0.2, 0) is 0 Å². The number of halogens is 2. The van der Waals surface area contributed by atoms with Gasteiger partial charge in [-0.1, -0.05) is 45.7 Å². The highest BCUT2D eigenvalue weighted by Crippen LogP contribution is 2.13. The third-order valence-corrected chi connectivity index (χ3v) is 2.84. The Morgan fingerprint density at radius 3 is 2.71 bits per heavy atom. The van der Waals surface area contributed by atoms with Crippen molar-refractivity contribution in [3.63, 3.8) is 0 Å². The lowest BCUT2D eigenvalue weighted by Gasteiger charge is -1.98. The van der Waals surface area contributed by atoms with Gasteiger partial charge in [-0.2, -0.15) is 5.10 Å². The Balaban J connectivity index is 2.03. The summed E-state index contributed by atoms with van der Waals surface area (Å²) >= 11 is 9.04. The molecule has 0 fully saturated rings. The van der Waals surface area contributed by atoms with Crippen LogP contribution in [0.2, 0.25) is 5.15 Å². The van der Waals surface area contributed by atoms with Gasteiger partial charge in [-0.15, -0.1) is 10.2 Å². The number of aromatic nitrogens is 2. The molecule has 0 atom stereocenters. The van der Waals surface area contributed by atoms with Crippen molar-refractivity contribution in [3.05, 3.63) is 51.6 Å². The number of benzene rings is 1. The summed E-state index contributed by atoms with van der Waals surface area (Å²) in [4.78, 5) is 0. The molecule has 6 heteroatoms. The molecule has 17 heavy (non-hydrogen) atoms. The van der Waals surface area contributed by atoms with Gasteiger partial charge in [0.1, 0.15) is 0 Å². The fraction of sp³-hybridized carbons (Fsp3) is 0. The summed E-state index contributed by atoms with van der Waals surface area (Å²) in [5, 5.41) is 11.9. The minimum Gasteiger partial charge on any atom is -0.260 e. The van der Waals surface area contributed by atoms with E-state index in [-0.39, 0.29) is 0 Å². The molecule has 0 saturated heterocycles. The molecule has 0 bridgehead atoms. The van der Waals surface area contributed by atoms with Crippen LogP contribution in [0.4, 0.5) is 5.82 Å². The number of nitrogens with one attached hydrogen (secondary N) is 1. The van der Waals surface area contributed by atoms with E-state index >= 15 is 0 Å². The molecule has 2 rings (SSSR count). The first-order valence-electron chi connectivity index (χ1n) is 4.78. The molecule has 0 radical (unpaired) electrons. The fourth-order valence-corrected chi connectivity index (χ4v) is 1.61. The maximum atomic E-state index is 5.62. The molecular formula is C11H8BrClN4. The van der Waals surface area contributed by atoms with E-state index in [2.05, 4.69) is 36.7 Å². The van der Waals surface area contributed by atoms with Gasteiger partial charge >= 0.3 is 0 Å². The summed E-state index contributed by atoms with van der Waals surface area (Å²) in [6, 6.07) is 11.1. The highest BCUT2D eigenvalue weighted by molar-refractivity contribution is 9.10. The molecule has 86 valence electrons. The van der Waals surface area contributed by atoms with Crippen molar-refractivity contribution in [2.24, 2.45) is 5.10 Å². The Kier molecular flexibility index (Phi) is 4.06. The van der Waals surface area contributed by atoms with Gasteiger partial charge in [0.25, 0.3) is 0 Å². The maximum Gasteiger partial charge on any atom is 0.168 e. The minimum atomic E-state index is 0.352. The van der Waals surface area contributed by atoms with E-state index in [1.54, 1.807) is 18.3 Å². The summed E-state index contributed by atoms with van der Waals surface area (Å²) in [6.45, 7) is 0. The number of rotatable bonds is 3. The van der Waals surface area contributed by atoms with Gasteiger partial charge in [0.2, 0.25) is 0 Å². The lowest BCUT2D eigenvalue weighted by Crippen LogP contribution is -1.95. The van der Waals surface area contributed by atoms with Crippen LogP contribution in [0.3, 0.4) is 0 Å². The van der Waals surface area contributed by atoms with Crippen LogP contribution in [0.25, 0.3) is 0 Å². The smallest absolute Gasteiger partial charge is 0.168 e. The summed E-state index contributed by atoms with van der Waals surface area (Å²) in [5.41, 5.74) is 3.74. The molecule has 0 amide bonds. The third kappa shape index (κ3) is 3.51. The van der Waals surface area contributed by atoms with E-state index in [1.807, 2.05) is 24.3 Å². The van der Waals surface area contributed by atoms with Crippen molar-refractivity contribution in [2.75, 3.05) is 5.43 Å². The Morgan fingerprint density at radius 2 is 2.00 bits per heavy atom. The normalized spacial score (nSPS) is 10.7. The molecule has 0 saturated carbocycles. The second kappa shape index (κ2) is 5.75. The maximum absolute atomic E-state index is 5.62. The lowest BCUT2D eigenvalue weighted by atomic mass is 10.2. The second-order valence-electron chi connectivity index (χ2n) is 3.13. The highest BCUT2D eigenvalue weighted by atomic mass is 79.9. The molecule has 0 aliphatic carbocycles. The first kappa shape index (κ1) is 12.0. The van der Waals surface area contributed by atoms with Gasteiger partial charge < -0.3 is 0 Å². The van der Waals surface area contributed by atoms with Gasteiger partial charge in [-0.25, -0.2) is 0 Å². The molecule has 1 heterocycles. The van der Waals surface area contributed by atoms with Crippen molar-refractivity contribution in [2.45, 2.75) is 0 Å². The van der Waals surface area contributed by atoms with Gasteiger partial charge in [-0.05, 0) is 18.2 Å². The van der Waals surface area contributed by atoms with E-state index in [9.17, 15) is 0 Å². The molecule has 0 aliphatic heterocycles. The summed E-state index contributed by atoms with van der Waals surface area (Å²) in [7, 11) is 0. The number of hydrogen-bond acceptors (Lipinski definition) is 4. The Hall–Kier alpha value is -1.46. The first-order valence-corrected chi connectivity index (χ1v) is 5.95. The standard InChI is InChI=1S/C11H8BrClN4/c12-9-4-2-1-3-8(9)7-14-16-11-6-5-10(13)15-17-11/h1-7H,(H,16,17)/b14-7+. The lowest BCUT2D eigenvalue weighted by molar-refractivity contribution is 1.02. The van der Waals surface area contributed by atoms with Crippen molar-refractivity contribution >= 4 is 39.6 Å². The topological polar surface area (TPSA) is 50.2 Å². The van der Waals surface area contributed by atoms with Crippen molar-refractivity contribution in [1.82, 2.24) is 10.2 Å². The third-order valence-electron chi connectivity index (χ3n) is 1.92. The van der Waals surface area contributed by atoms with E-state index in [1.165, 1.54) is 0 Å². The molecule has 1 aromatic heterocycles. The average molecular weight is 312 g/mol. The Bertz CT molecular complexity index is 527. The molecule has 0 unspecified atom stereocenters. The molecule has 4 nitrogen and oxygen atoms in total. The number of hydrogen-bond donors (Lipinski definition) is 1. The number of anilines is 1. The van der Waals surface area contributed by atoms with Gasteiger partial charge in [0, 0.05) is 10.0 Å². The molecule has 0 spiro atoms. The average Bonchev–Trinajstić information content (AvgIpc) is 2.34. The zero-order valence-corrected chi connectivity index (χ0v) is 11.0. The van der Waals surface area contributed by atoms with Crippen LogP contribution in [0.15, 0.2) is 46.0 Å². The SMILES string of the molecule is Clc1ccc(N/N=C/c2ccccc2Br)nn1. The zero-order valence-electron chi connectivity index (χ0n) is 8.64. The van der Waals surface area contributed by atoms with E-state index < -0.39 is 0 Å². The molecule has 1 aromatic carbocycles. The van der Waals surface area contributed by atoms with Crippen LogP contribution in [0.5, 0.6) is 0 Å². The van der Waals surface area contributed by atoms with Gasteiger partial charge in [0.15, 0.2) is 11.0 Å². The molecule has 2 aromatic rings. The Morgan fingerprint density at radius 1 is 1.18 bits per heavy atom. The van der Waals surface area contributed by atoms with E-state index in [4.69, 9.17) is 11.6 Å². The van der Waals surface area contributed by atoms with Crippen LogP contribution in [0.1, 0.15) is 5.56 Å². The van der Waals surface area contributed by atoms with Crippen molar-refractivity contribution < 1.29 is 0 Å². The number of hydrazone groups is 1. The van der Waals surface area contributed by atoms with Crippen LogP contribution >= 0.6 is 27.5 Å². The molecule has 0 aliphatic rings. The minimum absolute atomic E-state index is 0.352. The predicted molar refractivity (Wildman–Crippen MR) is 72.4 cm³/mol. The first-order chi connectivity index (χ1) is 8.25.